The number of hydrogen-bond acceptors (Lipinski definition) is 12. The Kier molecular flexibility index (Phi) is 10.6. The number of carboxylic acid groups (broad SMARTS) is 1. The first-order chi connectivity index (χ1) is 29.7. The summed E-state index contributed by atoms with van der Waals surface area (Å²) in [6.07, 6.45) is 11.0. The molecule has 0 radical (unpaired) electrons. The molecule has 4 unspecified atom stereocenters. The molecule has 2 bridgehead atoms. The van der Waals surface area contributed by atoms with E-state index in [9.17, 15) is 24.6 Å². The van der Waals surface area contributed by atoms with Gasteiger partial charge in [-0.3, -0.25) is 19.4 Å². The fourth-order valence-corrected chi connectivity index (χ4v) is 13.8. The Morgan fingerprint density at radius 2 is 1.79 bits per heavy atom. The number of carboxylic acids is 1. The van der Waals surface area contributed by atoms with E-state index < -0.39 is 64.5 Å². The van der Waals surface area contributed by atoms with Gasteiger partial charge in [-0.25, -0.2) is 9.59 Å². The normalized spacial score (nSPS) is 37.2. The van der Waals surface area contributed by atoms with Crippen LogP contribution in [0.1, 0.15) is 69.7 Å². The molecule has 12 atom stereocenters. The van der Waals surface area contributed by atoms with Crippen LogP contribution in [0.2, 0.25) is 0 Å². The molecule has 14 nitrogen and oxygen atoms in total. The zero-order valence-electron chi connectivity index (χ0n) is 36.8. The van der Waals surface area contributed by atoms with Crippen LogP contribution >= 0.6 is 0 Å². The molecule has 6 heterocycles. The lowest BCUT2D eigenvalue weighted by molar-refractivity contribution is -0.238. The number of rotatable bonds is 9. The van der Waals surface area contributed by atoms with Crippen LogP contribution < -0.4 is 0 Å². The Labute approximate surface area is 362 Å². The maximum Gasteiger partial charge on any atom is 0.344 e. The van der Waals surface area contributed by atoms with Crippen LogP contribution in [0, 0.1) is 29.1 Å². The van der Waals surface area contributed by atoms with Crippen molar-refractivity contribution in [2.75, 3.05) is 54.6 Å². The second-order valence-electron chi connectivity index (χ2n) is 18.8. The van der Waals surface area contributed by atoms with E-state index in [4.69, 9.17) is 18.9 Å². The summed E-state index contributed by atoms with van der Waals surface area (Å²) in [5, 5.41) is 23.7. The maximum absolute atomic E-state index is 15.4. The number of H-pyrrole nitrogens is 1. The average molecular weight is 853 g/mol. The summed E-state index contributed by atoms with van der Waals surface area (Å²) >= 11 is 0. The summed E-state index contributed by atoms with van der Waals surface area (Å²) in [4.78, 5) is 64.9. The minimum Gasteiger partial charge on any atom is -0.478 e. The van der Waals surface area contributed by atoms with Crippen molar-refractivity contribution in [3.63, 3.8) is 0 Å². The largest absolute Gasteiger partial charge is 0.478 e. The first-order valence-electron chi connectivity index (χ1n) is 22.2. The number of carbonyl (C=O) groups excluding carboxylic acids is 3. The first-order valence-corrected chi connectivity index (χ1v) is 22.2. The SMILES string of the molecule is CCC1=C[C@H]2CN(C1)Cc1c([nH]c3ccc(/C=C/C(=O)O)cc13)[C@@](C(=O)OC)(C1C=C3C(=CC1OC)N(C)[C@H]1[C@@](O)(C(=O)OC)[C@H](OC(C)=O)C4[C@@H](CC)CCN5CC[C@]31[C@H]45)C2. The monoisotopic (exact) mass is 852 g/mol. The molecule has 3 N–H and O–H groups in total. The van der Waals surface area contributed by atoms with Crippen molar-refractivity contribution in [3.8, 4) is 0 Å². The van der Waals surface area contributed by atoms with Gasteiger partial charge in [0.15, 0.2) is 0 Å². The zero-order valence-corrected chi connectivity index (χ0v) is 36.8. The van der Waals surface area contributed by atoms with Gasteiger partial charge in [-0.2, -0.15) is 0 Å². The van der Waals surface area contributed by atoms with Crippen molar-refractivity contribution in [3.05, 3.63) is 76.2 Å². The smallest absolute Gasteiger partial charge is 0.344 e. The van der Waals surface area contributed by atoms with E-state index in [1.54, 1.807) is 13.2 Å². The van der Waals surface area contributed by atoms with Gasteiger partial charge in [-0.15, -0.1) is 0 Å². The molecule has 332 valence electrons. The number of ether oxygens (including phenoxy) is 4. The number of methoxy groups -OCH3 is 3. The molecule has 4 fully saturated rings. The topological polar surface area (TPSA) is 171 Å². The molecule has 2 aliphatic carbocycles. The zero-order chi connectivity index (χ0) is 44.0. The number of benzene rings is 1. The van der Waals surface area contributed by atoms with Gasteiger partial charge in [0.1, 0.15) is 11.5 Å². The van der Waals surface area contributed by atoms with Gasteiger partial charge >= 0.3 is 23.9 Å². The average Bonchev–Trinajstić information content (AvgIpc) is 3.90. The van der Waals surface area contributed by atoms with Crippen molar-refractivity contribution >= 4 is 40.9 Å². The highest BCUT2D eigenvalue weighted by Gasteiger charge is 2.79. The van der Waals surface area contributed by atoms with Gasteiger partial charge in [0, 0.05) is 92.4 Å². The number of esters is 3. The molecule has 7 aliphatic rings. The second kappa shape index (κ2) is 15.5. The van der Waals surface area contributed by atoms with E-state index in [1.165, 1.54) is 26.7 Å². The third-order valence-electron chi connectivity index (χ3n) is 16.0. The predicted octanol–water partition coefficient (Wildman–Crippen LogP) is 4.57. The number of aromatic amines is 1. The molecule has 9 rings (SSSR count). The third-order valence-corrected chi connectivity index (χ3v) is 16.0. The van der Waals surface area contributed by atoms with Crippen LogP contribution in [0.5, 0.6) is 0 Å². The first kappa shape index (κ1) is 42.5. The van der Waals surface area contributed by atoms with Gasteiger partial charge in [0.2, 0.25) is 5.60 Å². The lowest BCUT2D eigenvalue weighted by Crippen LogP contribution is -2.77. The quantitative estimate of drug-likeness (QED) is 0.139. The predicted molar refractivity (Wildman–Crippen MR) is 229 cm³/mol. The number of piperidine rings is 1. The van der Waals surface area contributed by atoms with Gasteiger partial charge in [0.25, 0.3) is 0 Å². The Morgan fingerprint density at radius 3 is 2.47 bits per heavy atom. The van der Waals surface area contributed by atoms with Crippen molar-refractivity contribution in [1.29, 1.82) is 0 Å². The molecule has 0 amide bonds. The molecular weight excluding hydrogens is 793 g/mol. The molecule has 1 aromatic carbocycles. The van der Waals surface area contributed by atoms with E-state index in [-0.39, 0.29) is 23.8 Å². The highest BCUT2D eigenvalue weighted by Crippen LogP contribution is 2.68. The summed E-state index contributed by atoms with van der Waals surface area (Å²) < 4.78 is 24.1. The standard InChI is InChI=1S/C48H60N4O10/c1-8-27-18-29-22-47(44(56)60-6,40-32(25-51(23-27)24-29)31-19-28(11-13-38(54)55)10-12-35(31)49-40)34-20-33-36(21-37(34)59-5)50(4)43-46(33)15-17-52-16-14-30(9-2)39(41(46)52)42(62-26(3)53)48(43,58)45(57)61-7/h10-13,18-21,29-30,34,37,39,41-43,49,58H,8-9,14-17,22-25H2,1-7H3,(H,54,55)/b13-11+/t29-,30+,34?,37?,39?,41+,42-,43-,46-,47+,48-/m1/s1. The molecule has 2 aromatic rings. The van der Waals surface area contributed by atoms with E-state index in [2.05, 4.69) is 46.9 Å². The van der Waals surface area contributed by atoms with E-state index in [1.807, 2.05) is 30.1 Å². The van der Waals surface area contributed by atoms with Crippen LogP contribution in [-0.2, 0) is 50.1 Å². The van der Waals surface area contributed by atoms with Crippen LogP contribution in [0.25, 0.3) is 17.0 Å². The fraction of sp³-hybridized carbons (Fsp3) is 0.583. The summed E-state index contributed by atoms with van der Waals surface area (Å²) in [5.74, 6) is -3.84. The molecule has 62 heavy (non-hydrogen) atoms. The van der Waals surface area contributed by atoms with Crippen LogP contribution in [0.15, 0.2) is 59.3 Å². The van der Waals surface area contributed by atoms with Gasteiger partial charge in [-0.1, -0.05) is 44.1 Å². The number of likely N-dealkylation sites (tertiary alicyclic amines) is 1. The fourth-order valence-electron chi connectivity index (χ4n) is 13.8. The number of allylic oxidation sites excluding steroid dienone is 1. The summed E-state index contributed by atoms with van der Waals surface area (Å²) in [6.45, 7) is 9.22. The molecule has 1 spiro atoms. The van der Waals surface area contributed by atoms with Gasteiger partial charge in [0.05, 0.1) is 26.4 Å². The second-order valence-corrected chi connectivity index (χ2v) is 18.8. The van der Waals surface area contributed by atoms with Crippen molar-refractivity contribution in [2.24, 2.45) is 29.1 Å². The molecule has 14 heteroatoms. The highest BCUT2D eigenvalue weighted by molar-refractivity contribution is 5.93. The molecule has 5 aliphatic heterocycles. The lowest BCUT2D eigenvalue weighted by Gasteiger charge is -2.61. The number of hydrogen-bond donors (Lipinski definition) is 3. The Morgan fingerprint density at radius 1 is 1.02 bits per heavy atom. The van der Waals surface area contributed by atoms with E-state index in [0.29, 0.717) is 25.9 Å². The minimum absolute atomic E-state index is 0.0107. The van der Waals surface area contributed by atoms with Crippen LogP contribution in [0.3, 0.4) is 0 Å². The van der Waals surface area contributed by atoms with Crippen molar-refractivity contribution < 1.29 is 48.3 Å². The summed E-state index contributed by atoms with van der Waals surface area (Å²) in [6, 6.07) is 4.72. The third kappa shape index (κ3) is 5.95. The minimum atomic E-state index is -2.24. The number of aromatic nitrogens is 1. The van der Waals surface area contributed by atoms with E-state index >= 15 is 4.79 Å². The molecule has 1 aromatic heterocycles. The Balaban J connectivity index is 1.32. The number of carbonyl (C=O) groups is 4. The maximum atomic E-state index is 15.4. The molecular formula is C48H60N4O10. The van der Waals surface area contributed by atoms with Gasteiger partial charge in [-0.05, 0) is 91.6 Å². The Bertz CT molecular complexity index is 2330. The number of likely N-dealkylation sites (N-methyl/N-ethyl adjacent to an activating group) is 1. The number of nitrogens with zero attached hydrogens (tertiary/aromatic N) is 3. The number of fused-ring (bicyclic) bond motifs is 6. The van der Waals surface area contributed by atoms with Gasteiger partial charge < -0.3 is 39.0 Å². The molecule has 1 saturated carbocycles. The number of aliphatic hydroxyl groups is 1. The van der Waals surface area contributed by atoms with Crippen molar-refractivity contribution in [1.82, 2.24) is 19.7 Å². The van der Waals surface area contributed by atoms with Crippen LogP contribution in [0.4, 0.5) is 0 Å². The summed E-state index contributed by atoms with van der Waals surface area (Å²) in [5.41, 5.74) is 1.88. The summed E-state index contributed by atoms with van der Waals surface area (Å²) in [7, 11) is 6.24. The Hall–Kier alpha value is -4.76. The molecule has 3 saturated heterocycles. The van der Waals surface area contributed by atoms with Crippen LogP contribution in [-0.4, -0.2) is 138 Å². The highest BCUT2D eigenvalue weighted by atomic mass is 16.6. The number of nitrogens with one attached hydrogen (secondary N) is 1. The number of aliphatic carboxylic acids is 1. The lowest BCUT2D eigenvalue weighted by atomic mass is 9.50. The van der Waals surface area contributed by atoms with E-state index in [0.717, 1.165) is 84.0 Å². The van der Waals surface area contributed by atoms with Crippen molar-refractivity contribution in [2.45, 2.75) is 94.7 Å².